The first-order chi connectivity index (χ1) is 11.2. The van der Waals surface area contributed by atoms with Gasteiger partial charge in [-0.3, -0.25) is 4.79 Å². The van der Waals surface area contributed by atoms with E-state index in [1.54, 1.807) is 24.5 Å². The molecule has 1 amide bonds. The molecule has 2 aromatic heterocycles. The number of hydrogen-bond donors (Lipinski definition) is 1. The molecule has 5 heteroatoms. The fourth-order valence-corrected chi connectivity index (χ4v) is 2.47. The lowest BCUT2D eigenvalue weighted by atomic mass is 10.1. The van der Waals surface area contributed by atoms with Gasteiger partial charge < -0.3 is 14.3 Å². The molecule has 114 valence electrons. The fraction of sp³-hybridized carbons (Fsp3) is 0.111. The molecular formula is C18H15N3O2. The highest BCUT2D eigenvalue weighted by Crippen LogP contribution is 2.22. The summed E-state index contributed by atoms with van der Waals surface area (Å²) in [6, 6.07) is 13.3. The molecule has 0 saturated carbocycles. The van der Waals surface area contributed by atoms with Crippen LogP contribution >= 0.6 is 0 Å². The average Bonchev–Trinajstić information content (AvgIpc) is 3.19. The Labute approximate surface area is 133 Å². The van der Waals surface area contributed by atoms with Crippen LogP contribution in [0.25, 0.3) is 17.0 Å². The Hall–Kier alpha value is -3.26. The van der Waals surface area contributed by atoms with Crippen LogP contribution in [-0.2, 0) is 18.4 Å². The predicted octanol–water partition coefficient (Wildman–Crippen LogP) is 2.99. The van der Waals surface area contributed by atoms with Crippen LogP contribution in [0.4, 0.5) is 0 Å². The lowest BCUT2D eigenvalue weighted by Gasteiger charge is -2.01. The first kappa shape index (κ1) is 14.7. The van der Waals surface area contributed by atoms with E-state index in [0.29, 0.717) is 5.76 Å². The van der Waals surface area contributed by atoms with E-state index in [0.717, 1.165) is 16.5 Å². The Morgan fingerprint density at radius 1 is 1.35 bits per heavy atom. The summed E-state index contributed by atoms with van der Waals surface area (Å²) in [4.78, 5) is 12.2. The van der Waals surface area contributed by atoms with E-state index in [-0.39, 0.29) is 12.1 Å². The van der Waals surface area contributed by atoms with Gasteiger partial charge in [0.2, 0.25) is 0 Å². The second-order valence-electron chi connectivity index (χ2n) is 5.14. The second-order valence-corrected chi connectivity index (χ2v) is 5.14. The van der Waals surface area contributed by atoms with Crippen molar-refractivity contribution in [2.75, 3.05) is 0 Å². The van der Waals surface area contributed by atoms with Crippen molar-refractivity contribution in [3.8, 4) is 6.07 Å². The van der Waals surface area contributed by atoms with Crippen molar-refractivity contribution in [2.24, 2.45) is 7.05 Å². The van der Waals surface area contributed by atoms with E-state index in [4.69, 9.17) is 4.42 Å². The third-order valence-corrected chi connectivity index (χ3v) is 3.60. The summed E-state index contributed by atoms with van der Waals surface area (Å²) in [6.45, 7) is 0.250. The minimum atomic E-state index is -0.420. The highest BCUT2D eigenvalue weighted by atomic mass is 16.3. The van der Waals surface area contributed by atoms with Crippen LogP contribution in [-0.4, -0.2) is 10.5 Å². The van der Waals surface area contributed by atoms with Gasteiger partial charge >= 0.3 is 0 Å². The number of nitrogens with zero attached hydrogens (tertiary/aromatic N) is 2. The van der Waals surface area contributed by atoms with Crippen molar-refractivity contribution in [2.45, 2.75) is 6.54 Å². The number of carbonyl (C=O) groups excluding carboxylic acids is 1. The quantitative estimate of drug-likeness (QED) is 0.595. The molecule has 1 N–H and O–H groups in total. The van der Waals surface area contributed by atoms with Crippen LogP contribution in [0, 0.1) is 11.3 Å². The largest absolute Gasteiger partial charge is 0.467 e. The molecule has 0 unspecified atom stereocenters. The van der Waals surface area contributed by atoms with Gasteiger partial charge in [-0.2, -0.15) is 5.26 Å². The maximum absolute atomic E-state index is 12.2. The van der Waals surface area contributed by atoms with E-state index < -0.39 is 5.91 Å². The molecule has 2 heterocycles. The molecule has 0 spiro atoms. The Kier molecular flexibility index (Phi) is 3.98. The van der Waals surface area contributed by atoms with Crippen LogP contribution < -0.4 is 5.32 Å². The van der Waals surface area contributed by atoms with Crippen molar-refractivity contribution in [3.05, 3.63) is 65.8 Å². The normalized spacial score (nSPS) is 11.4. The van der Waals surface area contributed by atoms with Gasteiger partial charge in [0.15, 0.2) is 0 Å². The van der Waals surface area contributed by atoms with Gasteiger partial charge in [0.05, 0.1) is 12.8 Å². The predicted molar refractivity (Wildman–Crippen MR) is 87.1 cm³/mol. The van der Waals surface area contributed by atoms with Crippen molar-refractivity contribution in [1.29, 1.82) is 5.26 Å². The lowest BCUT2D eigenvalue weighted by Crippen LogP contribution is -2.23. The first-order valence-corrected chi connectivity index (χ1v) is 7.15. The number of aryl methyl sites for hydroxylation is 1. The summed E-state index contributed by atoms with van der Waals surface area (Å²) in [5.74, 6) is 0.220. The average molecular weight is 305 g/mol. The SMILES string of the molecule is Cn1cc(/C=C(\C#N)C(=O)NCc2ccco2)c2ccccc21. The number of carbonyl (C=O) groups is 1. The summed E-state index contributed by atoms with van der Waals surface area (Å²) < 4.78 is 7.13. The van der Waals surface area contributed by atoms with Crippen LogP contribution in [0.15, 0.2) is 58.8 Å². The highest BCUT2D eigenvalue weighted by molar-refractivity contribution is 6.03. The Bertz CT molecular complexity index is 912. The van der Waals surface area contributed by atoms with Gasteiger partial charge in [-0.25, -0.2) is 0 Å². The molecule has 5 nitrogen and oxygen atoms in total. The molecule has 23 heavy (non-hydrogen) atoms. The summed E-state index contributed by atoms with van der Waals surface area (Å²) in [5, 5.41) is 13.0. The zero-order chi connectivity index (χ0) is 16.2. The third kappa shape index (κ3) is 3.01. The second kappa shape index (κ2) is 6.24. The molecule has 0 aliphatic carbocycles. The van der Waals surface area contributed by atoms with E-state index in [2.05, 4.69) is 5.32 Å². The topological polar surface area (TPSA) is 71.0 Å². The number of amides is 1. The van der Waals surface area contributed by atoms with Gasteiger partial charge in [0, 0.05) is 29.7 Å². The smallest absolute Gasteiger partial charge is 0.262 e. The first-order valence-electron chi connectivity index (χ1n) is 7.15. The standard InChI is InChI=1S/C18H15N3O2/c1-21-12-14(16-6-2-3-7-17(16)21)9-13(10-19)18(22)20-11-15-5-4-8-23-15/h2-9,12H,11H2,1H3,(H,20,22)/b13-9+. The molecule has 0 bridgehead atoms. The van der Waals surface area contributed by atoms with E-state index >= 15 is 0 Å². The number of nitriles is 1. The number of aromatic nitrogens is 1. The van der Waals surface area contributed by atoms with Crippen molar-refractivity contribution >= 4 is 22.9 Å². The van der Waals surface area contributed by atoms with Crippen molar-refractivity contribution in [3.63, 3.8) is 0 Å². The molecule has 0 aliphatic heterocycles. The number of fused-ring (bicyclic) bond motifs is 1. The van der Waals surface area contributed by atoms with Gasteiger partial charge in [0.25, 0.3) is 5.91 Å². The molecular weight excluding hydrogens is 290 g/mol. The minimum Gasteiger partial charge on any atom is -0.467 e. The zero-order valence-electron chi connectivity index (χ0n) is 12.6. The van der Waals surface area contributed by atoms with Crippen molar-refractivity contribution in [1.82, 2.24) is 9.88 Å². The molecule has 0 aliphatic rings. The molecule has 3 aromatic rings. The maximum Gasteiger partial charge on any atom is 0.262 e. The molecule has 0 fully saturated rings. The van der Waals surface area contributed by atoms with E-state index in [1.165, 1.54) is 0 Å². The number of para-hydroxylation sites is 1. The van der Waals surface area contributed by atoms with E-state index in [1.807, 2.05) is 48.1 Å². The number of furan rings is 1. The number of nitrogens with one attached hydrogen (secondary N) is 1. The molecule has 0 radical (unpaired) electrons. The Morgan fingerprint density at radius 3 is 2.91 bits per heavy atom. The summed E-state index contributed by atoms with van der Waals surface area (Å²) in [5.41, 5.74) is 1.95. The minimum absolute atomic E-state index is 0.0629. The molecule has 1 aromatic carbocycles. The highest BCUT2D eigenvalue weighted by Gasteiger charge is 2.11. The maximum atomic E-state index is 12.2. The summed E-state index contributed by atoms with van der Waals surface area (Å²) >= 11 is 0. The number of hydrogen-bond acceptors (Lipinski definition) is 3. The van der Waals surface area contributed by atoms with E-state index in [9.17, 15) is 10.1 Å². The Morgan fingerprint density at radius 2 is 2.17 bits per heavy atom. The summed E-state index contributed by atoms with van der Waals surface area (Å²) in [7, 11) is 1.93. The molecule has 0 atom stereocenters. The van der Waals surface area contributed by atoms with Crippen LogP contribution in [0.3, 0.4) is 0 Å². The zero-order valence-corrected chi connectivity index (χ0v) is 12.6. The van der Waals surface area contributed by atoms with Crippen LogP contribution in [0.2, 0.25) is 0 Å². The van der Waals surface area contributed by atoms with Gasteiger partial charge in [-0.05, 0) is 24.3 Å². The summed E-state index contributed by atoms with van der Waals surface area (Å²) in [6.07, 6.45) is 5.06. The van der Waals surface area contributed by atoms with Gasteiger partial charge in [-0.15, -0.1) is 0 Å². The fourth-order valence-electron chi connectivity index (χ4n) is 2.47. The van der Waals surface area contributed by atoms with Gasteiger partial charge in [-0.1, -0.05) is 18.2 Å². The van der Waals surface area contributed by atoms with Crippen molar-refractivity contribution < 1.29 is 9.21 Å². The number of rotatable bonds is 4. The molecule has 3 rings (SSSR count). The van der Waals surface area contributed by atoms with Gasteiger partial charge in [0.1, 0.15) is 17.4 Å². The van der Waals surface area contributed by atoms with Crippen LogP contribution in [0.5, 0.6) is 0 Å². The number of benzene rings is 1. The Balaban J connectivity index is 1.85. The molecule has 0 saturated heterocycles. The third-order valence-electron chi connectivity index (χ3n) is 3.60. The monoisotopic (exact) mass is 305 g/mol. The lowest BCUT2D eigenvalue weighted by molar-refractivity contribution is -0.117. The van der Waals surface area contributed by atoms with Crippen LogP contribution in [0.1, 0.15) is 11.3 Å².